The van der Waals surface area contributed by atoms with Gasteiger partial charge in [-0.3, -0.25) is 4.79 Å². The molecule has 0 heterocycles. The van der Waals surface area contributed by atoms with Crippen LogP contribution in [0.25, 0.3) is 0 Å². The van der Waals surface area contributed by atoms with E-state index in [9.17, 15) is 4.79 Å². The number of rotatable bonds is 4. The Hall–Kier alpha value is -1.06. The van der Waals surface area contributed by atoms with Crippen molar-refractivity contribution in [2.75, 3.05) is 13.0 Å². The maximum atomic E-state index is 12.1. The lowest BCUT2D eigenvalue weighted by Gasteiger charge is -2.17. The Morgan fingerprint density at radius 1 is 1.35 bits per heavy atom. The van der Waals surface area contributed by atoms with Crippen molar-refractivity contribution in [2.24, 2.45) is 0 Å². The molecular formula is C13H18ClNO2. The average Bonchev–Trinajstić information content (AvgIpc) is 2.31. The second-order valence-corrected chi connectivity index (χ2v) is 4.36. The minimum absolute atomic E-state index is 0.142. The minimum atomic E-state index is -0.455. The standard InChI is InChI=1S/C13H18ClNO2/c1-8-5-6-9(2)12(10(8)3)13(16)15-11(7-14)17-4/h5-6,11H,7H2,1-4H3,(H,15,16). The first kappa shape index (κ1) is 14.0. The first-order chi connectivity index (χ1) is 8.01. The van der Waals surface area contributed by atoms with Crippen molar-refractivity contribution in [3.8, 4) is 0 Å². The molecule has 1 rings (SSSR count). The van der Waals surface area contributed by atoms with Crippen molar-refractivity contribution in [1.82, 2.24) is 5.32 Å². The molecule has 0 radical (unpaired) electrons. The molecule has 0 aromatic heterocycles. The highest BCUT2D eigenvalue weighted by atomic mass is 35.5. The van der Waals surface area contributed by atoms with Crippen LogP contribution in [-0.4, -0.2) is 25.1 Å². The molecule has 4 heteroatoms. The van der Waals surface area contributed by atoms with Crippen LogP contribution >= 0.6 is 11.6 Å². The van der Waals surface area contributed by atoms with Gasteiger partial charge in [0.2, 0.25) is 0 Å². The van der Waals surface area contributed by atoms with Crippen LogP contribution in [0.5, 0.6) is 0 Å². The molecule has 1 aromatic carbocycles. The molecule has 0 aliphatic rings. The molecule has 94 valence electrons. The van der Waals surface area contributed by atoms with Gasteiger partial charge in [-0.1, -0.05) is 12.1 Å². The van der Waals surface area contributed by atoms with Gasteiger partial charge in [0.15, 0.2) is 0 Å². The van der Waals surface area contributed by atoms with Crippen molar-refractivity contribution in [3.05, 3.63) is 34.4 Å². The third kappa shape index (κ3) is 3.20. The number of carbonyl (C=O) groups is 1. The van der Waals surface area contributed by atoms with Gasteiger partial charge in [-0.25, -0.2) is 0 Å². The van der Waals surface area contributed by atoms with Crippen LogP contribution in [0.1, 0.15) is 27.0 Å². The number of carbonyl (C=O) groups excluding carboxylic acids is 1. The van der Waals surface area contributed by atoms with Crippen molar-refractivity contribution < 1.29 is 9.53 Å². The molecule has 0 bridgehead atoms. The summed E-state index contributed by atoms with van der Waals surface area (Å²) < 4.78 is 5.04. The molecule has 0 saturated heterocycles. The number of amides is 1. The first-order valence-corrected chi connectivity index (χ1v) is 6.01. The SMILES string of the molecule is COC(CCl)NC(=O)c1c(C)ccc(C)c1C. The van der Waals surface area contributed by atoms with E-state index in [-0.39, 0.29) is 11.8 Å². The molecule has 17 heavy (non-hydrogen) atoms. The third-order valence-corrected chi connectivity index (χ3v) is 3.17. The van der Waals surface area contributed by atoms with E-state index in [1.54, 1.807) is 0 Å². The van der Waals surface area contributed by atoms with E-state index >= 15 is 0 Å². The van der Waals surface area contributed by atoms with Crippen LogP contribution in [0, 0.1) is 20.8 Å². The van der Waals surface area contributed by atoms with E-state index < -0.39 is 6.23 Å². The highest BCUT2D eigenvalue weighted by molar-refractivity contribution is 6.18. The van der Waals surface area contributed by atoms with Crippen LogP contribution in [0.4, 0.5) is 0 Å². The summed E-state index contributed by atoms with van der Waals surface area (Å²) in [6, 6.07) is 3.95. The number of halogens is 1. The van der Waals surface area contributed by atoms with Gasteiger partial charge in [-0.05, 0) is 37.5 Å². The lowest BCUT2D eigenvalue weighted by Crippen LogP contribution is -2.38. The van der Waals surface area contributed by atoms with Gasteiger partial charge in [0, 0.05) is 12.7 Å². The molecule has 0 fully saturated rings. The van der Waals surface area contributed by atoms with Crippen LogP contribution in [0.3, 0.4) is 0 Å². The molecule has 0 saturated carbocycles. The van der Waals surface area contributed by atoms with E-state index in [4.69, 9.17) is 16.3 Å². The summed E-state index contributed by atoms with van der Waals surface area (Å²) in [6.45, 7) is 5.85. The molecule has 0 spiro atoms. The van der Waals surface area contributed by atoms with Gasteiger partial charge >= 0.3 is 0 Å². The smallest absolute Gasteiger partial charge is 0.253 e. The van der Waals surface area contributed by atoms with Gasteiger partial charge < -0.3 is 10.1 Å². The van der Waals surface area contributed by atoms with E-state index in [0.29, 0.717) is 5.56 Å². The predicted octanol–water partition coefficient (Wildman–Crippen LogP) is 2.55. The monoisotopic (exact) mass is 255 g/mol. The number of benzene rings is 1. The summed E-state index contributed by atoms with van der Waals surface area (Å²) in [5.74, 6) is 0.0859. The summed E-state index contributed by atoms with van der Waals surface area (Å²) in [7, 11) is 1.52. The molecule has 1 amide bonds. The van der Waals surface area contributed by atoms with Gasteiger partial charge in [-0.2, -0.15) is 0 Å². The molecule has 0 aliphatic carbocycles. The largest absolute Gasteiger partial charge is 0.360 e. The maximum Gasteiger partial charge on any atom is 0.253 e. The Morgan fingerprint density at radius 2 is 1.94 bits per heavy atom. The van der Waals surface area contributed by atoms with Gasteiger partial charge in [0.25, 0.3) is 5.91 Å². The number of nitrogens with one attached hydrogen (secondary N) is 1. The van der Waals surface area contributed by atoms with Crippen molar-refractivity contribution in [3.63, 3.8) is 0 Å². The number of ether oxygens (including phenoxy) is 1. The number of alkyl halides is 1. The molecule has 1 atom stereocenters. The molecule has 3 nitrogen and oxygen atoms in total. The first-order valence-electron chi connectivity index (χ1n) is 5.47. The summed E-state index contributed by atoms with van der Waals surface area (Å²) in [4.78, 5) is 12.1. The fraction of sp³-hybridized carbons (Fsp3) is 0.462. The van der Waals surface area contributed by atoms with Gasteiger partial charge in [0.05, 0.1) is 5.88 Å². The topological polar surface area (TPSA) is 38.3 Å². The number of hydrogen-bond acceptors (Lipinski definition) is 2. The summed E-state index contributed by atoms with van der Waals surface area (Å²) in [6.07, 6.45) is -0.455. The molecule has 1 N–H and O–H groups in total. The van der Waals surface area contributed by atoms with E-state index in [0.717, 1.165) is 16.7 Å². The van der Waals surface area contributed by atoms with Crippen LogP contribution < -0.4 is 5.32 Å². The zero-order valence-corrected chi connectivity index (χ0v) is 11.4. The Balaban J connectivity index is 3.00. The highest BCUT2D eigenvalue weighted by Gasteiger charge is 2.16. The van der Waals surface area contributed by atoms with E-state index in [2.05, 4.69) is 5.32 Å². The lowest BCUT2D eigenvalue weighted by atomic mass is 9.98. The Morgan fingerprint density at radius 3 is 2.47 bits per heavy atom. The highest BCUT2D eigenvalue weighted by Crippen LogP contribution is 2.17. The van der Waals surface area contributed by atoms with Crippen LogP contribution in [-0.2, 0) is 4.74 Å². The van der Waals surface area contributed by atoms with Crippen molar-refractivity contribution >= 4 is 17.5 Å². The predicted molar refractivity (Wildman–Crippen MR) is 69.6 cm³/mol. The number of aryl methyl sites for hydroxylation is 2. The fourth-order valence-corrected chi connectivity index (χ4v) is 1.88. The number of methoxy groups -OCH3 is 1. The van der Waals surface area contributed by atoms with E-state index in [1.165, 1.54) is 7.11 Å². The quantitative estimate of drug-likeness (QED) is 0.663. The third-order valence-electron chi connectivity index (χ3n) is 2.89. The molecule has 1 aromatic rings. The van der Waals surface area contributed by atoms with E-state index in [1.807, 2.05) is 32.9 Å². The van der Waals surface area contributed by atoms with Crippen molar-refractivity contribution in [1.29, 1.82) is 0 Å². The Bertz CT molecular complexity index is 414. The second kappa shape index (κ2) is 6.03. The number of hydrogen-bond donors (Lipinski definition) is 1. The Kier molecular flexibility index (Phi) is 4.97. The normalized spacial score (nSPS) is 12.3. The van der Waals surface area contributed by atoms with Gasteiger partial charge in [-0.15, -0.1) is 11.6 Å². The molecule has 0 aliphatic heterocycles. The summed E-state index contributed by atoms with van der Waals surface area (Å²) in [5, 5.41) is 2.75. The average molecular weight is 256 g/mol. The summed E-state index contributed by atoms with van der Waals surface area (Å²) in [5.41, 5.74) is 3.75. The molecule has 1 unspecified atom stereocenters. The van der Waals surface area contributed by atoms with Crippen molar-refractivity contribution in [2.45, 2.75) is 27.0 Å². The zero-order chi connectivity index (χ0) is 13.0. The van der Waals surface area contributed by atoms with Crippen LogP contribution in [0.15, 0.2) is 12.1 Å². The van der Waals surface area contributed by atoms with Gasteiger partial charge in [0.1, 0.15) is 6.23 Å². The second-order valence-electron chi connectivity index (χ2n) is 4.05. The van der Waals surface area contributed by atoms with Crippen LogP contribution in [0.2, 0.25) is 0 Å². The minimum Gasteiger partial charge on any atom is -0.360 e. The zero-order valence-electron chi connectivity index (χ0n) is 10.6. The fourth-order valence-electron chi connectivity index (χ4n) is 1.68. The summed E-state index contributed by atoms with van der Waals surface area (Å²) >= 11 is 5.67. The lowest BCUT2D eigenvalue weighted by molar-refractivity contribution is 0.0669. The Labute approximate surface area is 107 Å². The molecular weight excluding hydrogens is 238 g/mol. The maximum absolute atomic E-state index is 12.1.